The van der Waals surface area contributed by atoms with E-state index in [1.165, 1.54) is 10.4 Å². The number of aromatic nitrogens is 1. The van der Waals surface area contributed by atoms with E-state index in [1.54, 1.807) is 29.8 Å². The van der Waals surface area contributed by atoms with Crippen molar-refractivity contribution in [2.24, 2.45) is 0 Å². The Morgan fingerprint density at radius 1 is 1.10 bits per heavy atom. The van der Waals surface area contributed by atoms with Gasteiger partial charge in [-0.1, -0.05) is 18.1 Å². The third kappa shape index (κ3) is 5.00. The van der Waals surface area contributed by atoms with Crippen LogP contribution in [0, 0.1) is 11.8 Å². The molecule has 1 fully saturated rings. The van der Waals surface area contributed by atoms with E-state index < -0.39 is 15.9 Å². The number of nitrogens with zero attached hydrogens (tertiary/aromatic N) is 2. The van der Waals surface area contributed by atoms with Gasteiger partial charge < -0.3 is 10.1 Å². The fourth-order valence-corrected chi connectivity index (χ4v) is 5.73. The van der Waals surface area contributed by atoms with Gasteiger partial charge in [0.15, 0.2) is 0 Å². The lowest BCUT2D eigenvalue weighted by Gasteiger charge is -2.26. The van der Waals surface area contributed by atoms with Gasteiger partial charge >= 0.3 is 0 Å². The molecule has 7 nitrogen and oxygen atoms in total. The molecule has 0 radical (unpaired) electrons. The van der Waals surface area contributed by atoms with Crippen LogP contribution in [0.15, 0.2) is 65.0 Å². The first-order chi connectivity index (χ1) is 15.0. The molecular formula is C22H19N3O4S2. The summed E-state index contributed by atoms with van der Waals surface area (Å²) >= 11 is 1.09. The van der Waals surface area contributed by atoms with E-state index >= 15 is 0 Å². The monoisotopic (exact) mass is 453 g/mol. The Morgan fingerprint density at radius 3 is 2.71 bits per heavy atom. The van der Waals surface area contributed by atoms with E-state index in [9.17, 15) is 13.2 Å². The number of hydrogen-bond donors (Lipinski definition) is 1. The molecule has 0 bridgehead atoms. The number of anilines is 1. The highest BCUT2D eigenvalue weighted by Crippen LogP contribution is 2.27. The maximum atomic E-state index is 13.0. The van der Waals surface area contributed by atoms with E-state index in [2.05, 4.69) is 22.1 Å². The predicted molar refractivity (Wildman–Crippen MR) is 119 cm³/mol. The van der Waals surface area contributed by atoms with Crippen LogP contribution in [0.25, 0.3) is 0 Å². The van der Waals surface area contributed by atoms with E-state index in [4.69, 9.17) is 4.74 Å². The average molecular weight is 454 g/mol. The van der Waals surface area contributed by atoms with Crippen LogP contribution in [-0.4, -0.2) is 49.9 Å². The highest BCUT2D eigenvalue weighted by atomic mass is 32.2. The number of ether oxygens (including phenoxy) is 1. The topological polar surface area (TPSA) is 88.6 Å². The summed E-state index contributed by atoms with van der Waals surface area (Å²) in [5.74, 6) is 5.50. The van der Waals surface area contributed by atoms with Crippen molar-refractivity contribution < 1.29 is 17.9 Å². The lowest BCUT2D eigenvalue weighted by molar-refractivity contribution is 0.0730. The van der Waals surface area contributed by atoms with Gasteiger partial charge in [-0.05, 0) is 47.7 Å². The van der Waals surface area contributed by atoms with Gasteiger partial charge in [-0.3, -0.25) is 4.79 Å². The Morgan fingerprint density at radius 2 is 1.94 bits per heavy atom. The number of amides is 1. The van der Waals surface area contributed by atoms with E-state index in [0.29, 0.717) is 30.2 Å². The molecule has 4 rings (SSSR count). The quantitative estimate of drug-likeness (QED) is 0.614. The van der Waals surface area contributed by atoms with Gasteiger partial charge in [0.05, 0.1) is 13.2 Å². The zero-order valence-corrected chi connectivity index (χ0v) is 18.1. The van der Waals surface area contributed by atoms with Crippen molar-refractivity contribution in [3.8, 4) is 11.8 Å². The molecule has 0 unspecified atom stereocenters. The van der Waals surface area contributed by atoms with Crippen molar-refractivity contribution in [1.82, 2.24) is 9.29 Å². The Labute approximate surface area is 184 Å². The third-order valence-electron chi connectivity index (χ3n) is 4.54. The number of pyridine rings is 1. The summed E-state index contributed by atoms with van der Waals surface area (Å²) in [7, 11) is -3.76. The zero-order valence-electron chi connectivity index (χ0n) is 16.4. The number of morpholine rings is 1. The Kier molecular flexibility index (Phi) is 6.44. The van der Waals surface area contributed by atoms with Crippen LogP contribution in [-0.2, 0) is 14.8 Å². The second kappa shape index (κ2) is 9.41. The van der Waals surface area contributed by atoms with Crippen molar-refractivity contribution in [3.63, 3.8) is 0 Å². The van der Waals surface area contributed by atoms with E-state index in [0.717, 1.165) is 11.3 Å². The molecule has 1 N–H and O–H groups in total. The van der Waals surface area contributed by atoms with Crippen LogP contribution >= 0.6 is 11.3 Å². The summed E-state index contributed by atoms with van der Waals surface area (Å²) in [5.41, 5.74) is 1.88. The molecule has 0 aliphatic carbocycles. The van der Waals surface area contributed by atoms with Crippen LogP contribution < -0.4 is 5.32 Å². The minimum absolute atomic E-state index is 0.0167. The number of sulfonamides is 1. The minimum atomic E-state index is -3.76. The second-order valence-corrected chi connectivity index (χ2v) is 9.45. The first-order valence-corrected chi connectivity index (χ1v) is 11.9. The number of hydrogen-bond acceptors (Lipinski definition) is 6. The van der Waals surface area contributed by atoms with Crippen LogP contribution in [0.1, 0.15) is 20.9 Å². The lowest BCUT2D eigenvalue weighted by atomic mass is 10.2. The molecule has 0 saturated carbocycles. The smallest absolute Gasteiger partial charge is 0.267 e. The number of benzene rings is 1. The average Bonchev–Trinajstić information content (AvgIpc) is 3.31. The van der Waals surface area contributed by atoms with Crippen LogP contribution in [0.4, 0.5) is 5.69 Å². The molecule has 0 spiro atoms. The minimum Gasteiger partial charge on any atom is -0.379 e. The number of thiophene rings is 1. The predicted octanol–water partition coefficient (Wildman–Crippen LogP) is 2.82. The van der Waals surface area contributed by atoms with Gasteiger partial charge in [0.2, 0.25) is 10.0 Å². The summed E-state index contributed by atoms with van der Waals surface area (Å²) in [4.78, 5) is 17.2. The van der Waals surface area contributed by atoms with E-state index in [1.807, 2.05) is 24.3 Å². The van der Waals surface area contributed by atoms with Gasteiger partial charge in [0, 0.05) is 30.5 Å². The fraction of sp³-hybridized carbons (Fsp3) is 0.182. The van der Waals surface area contributed by atoms with Crippen molar-refractivity contribution in [2.75, 3.05) is 31.6 Å². The van der Waals surface area contributed by atoms with Gasteiger partial charge in [0.25, 0.3) is 5.91 Å². The molecule has 158 valence electrons. The molecular weight excluding hydrogens is 434 g/mol. The van der Waals surface area contributed by atoms with Crippen molar-refractivity contribution in [2.45, 2.75) is 4.90 Å². The SMILES string of the molecule is O=C(Nc1cccc(C#Cc2ccccn2)c1)c1sccc1S(=O)(=O)N1CCOCC1. The van der Waals surface area contributed by atoms with Gasteiger partial charge in [-0.25, -0.2) is 13.4 Å². The van der Waals surface area contributed by atoms with E-state index in [-0.39, 0.29) is 22.9 Å². The largest absolute Gasteiger partial charge is 0.379 e. The number of carbonyl (C=O) groups excluding carboxylic acids is 1. The van der Waals surface area contributed by atoms with Crippen molar-refractivity contribution >= 4 is 33.0 Å². The molecule has 1 amide bonds. The normalized spacial score (nSPS) is 14.5. The van der Waals surface area contributed by atoms with Gasteiger partial charge in [-0.15, -0.1) is 11.3 Å². The number of carbonyl (C=O) groups is 1. The summed E-state index contributed by atoms with van der Waals surface area (Å²) in [6.45, 7) is 1.24. The van der Waals surface area contributed by atoms with Crippen LogP contribution in [0.5, 0.6) is 0 Å². The highest BCUT2D eigenvalue weighted by molar-refractivity contribution is 7.89. The van der Waals surface area contributed by atoms with Crippen LogP contribution in [0.3, 0.4) is 0 Å². The Hall–Kier alpha value is -3.03. The lowest BCUT2D eigenvalue weighted by Crippen LogP contribution is -2.41. The fourth-order valence-electron chi connectivity index (χ4n) is 3.03. The molecule has 1 saturated heterocycles. The van der Waals surface area contributed by atoms with Crippen LogP contribution in [0.2, 0.25) is 0 Å². The molecule has 2 aromatic heterocycles. The Balaban J connectivity index is 1.52. The number of rotatable bonds is 4. The molecule has 1 aliphatic rings. The summed E-state index contributed by atoms with van der Waals surface area (Å²) in [6, 6.07) is 14.0. The molecule has 3 heterocycles. The third-order valence-corrected chi connectivity index (χ3v) is 7.53. The molecule has 9 heteroatoms. The zero-order chi connectivity index (χ0) is 21.7. The summed E-state index contributed by atoms with van der Waals surface area (Å²) < 4.78 is 32.5. The van der Waals surface area contributed by atoms with Crippen molar-refractivity contribution in [3.05, 3.63) is 76.2 Å². The van der Waals surface area contributed by atoms with Gasteiger partial charge in [-0.2, -0.15) is 4.31 Å². The molecule has 1 aliphatic heterocycles. The molecule has 3 aromatic rings. The van der Waals surface area contributed by atoms with Crippen molar-refractivity contribution in [1.29, 1.82) is 0 Å². The maximum absolute atomic E-state index is 13.0. The standard InChI is InChI=1S/C22H19N3O4S2/c26-22(21-20(9-15-30-21)31(27,28)25-11-13-29-14-12-25)24-19-6-3-4-17(16-19)7-8-18-5-1-2-10-23-18/h1-6,9-10,15-16H,11-14H2,(H,24,26). The molecule has 1 aromatic carbocycles. The first-order valence-electron chi connectivity index (χ1n) is 9.54. The molecule has 0 atom stereocenters. The highest BCUT2D eigenvalue weighted by Gasteiger charge is 2.31. The Bertz CT molecular complexity index is 1240. The first kappa shape index (κ1) is 21.2. The maximum Gasteiger partial charge on any atom is 0.267 e. The second-order valence-electron chi connectivity index (χ2n) is 6.63. The number of nitrogens with one attached hydrogen (secondary N) is 1. The van der Waals surface area contributed by atoms with Gasteiger partial charge in [0.1, 0.15) is 15.5 Å². The summed E-state index contributed by atoms with van der Waals surface area (Å²) in [5, 5.41) is 4.39. The molecule has 31 heavy (non-hydrogen) atoms. The summed E-state index contributed by atoms with van der Waals surface area (Å²) in [6.07, 6.45) is 1.67.